The topological polar surface area (TPSA) is 66.9 Å². The first kappa shape index (κ1) is 25.6. The van der Waals surface area contributed by atoms with Gasteiger partial charge in [0.2, 0.25) is 11.0 Å². The van der Waals surface area contributed by atoms with Crippen LogP contribution in [-0.2, 0) is 16.7 Å². The second kappa shape index (κ2) is 10.9. The van der Waals surface area contributed by atoms with Crippen molar-refractivity contribution in [3.8, 4) is 0 Å². The fraction of sp³-hybridized carbons (Fsp3) is 0.286. The second-order valence-electron chi connectivity index (χ2n) is 7.34. The number of thioether (sulfide) groups is 1. The van der Waals surface area contributed by atoms with Crippen molar-refractivity contribution in [3.05, 3.63) is 63.6 Å². The minimum Gasteiger partial charge on any atom is -0.372 e. The molecule has 0 aliphatic heterocycles. The fourth-order valence-electron chi connectivity index (χ4n) is 2.74. The van der Waals surface area contributed by atoms with Gasteiger partial charge in [0.15, 0.2) is 4.34 Å². The third kappa shape index (κ3) is 7.23. The SMILES string of the molecule is CC(C)C(Nc1ccc(C(F)(F)F)cc1Cl)C(=O)Nc1nnc(SCc2ccc(Cl)cc2)s1. The van der Waals surface area contributed by atoms with Gasteiger partial charge in [-0.3, -0.25) is 10.1 Å². The Morgan fingerprint density at radius 3 is 2.42 bits per heavy atom. The van der Waals surface area contributed by atoms with Gasteiger partial charge in [-0.05, 0) is 41.8 Å². The van der Waals surface area contributed by atoms with Crippen LogP contribution in [0.1, 0.15) is 25.0 Å². The Kier molecular flexibility index (Phi) is 8.49. The Labute approximate surface area is 207 Å². The first-order valence-corrected chi connectivity index (χ1v) is 12.2. The molecule has 0 aliphatic rings. The van der Waals surface area contributed by atoms with E-state index in [9.17, 15) is 18.0 Å². The number of alkyl halides is 3. The molecule has 2 N–H and O–H groups in total. The molecule has 176 valence electrons. The molecule has 33 heavy (non-hydrogen) atoms. The summed E-state index contributed by atoms with van der Waals surface area (Å²) in [7, 11) is 0. The largest absolute Gasteiger partial charge is 0.416 e. The van der Waals surface area contributed by atoms with E-state index in [1.165, 1.54) is 29.2 Å². The normalized spacial score (nSPS) is 12.6. The van der Waals surface area contributed by atoms with Crippen LogP contribution in [0.25, 0.3) is 0 Å². The van der Waals surface area contributed by atoms with Crippen molar-refractivity contribution in [2.24, 2.45) is 5.92 Å². The Hall–Kier alpha value is -2.01. The Bertz CT molecular complexity index is 1110. The monoisotopic (exact) mass is 534 g/mol. The van der Waals surface area contributed by atoms with E-state index in [0.29, 0.717) is 20.2 Å². The smallest absolute Gasteiger partial charge is 0.372 e. The first-order valence-electron chi connectivity index (χ1n) is 9.68. The summed E-state index contributed by atoms with van der Waals surface area (Å²) >= 11 is 14.6. The Balaban J connectivity index is 1.63. The Morgan fingerprint density at radius 1 is 1.12 bits per heavy atom. The van der Waals surface area contributed by atoms with Crippen LogP contribution < -0.4 is 10.6 Å². The van der Waals surface area contributed by atoms with Gasteiger partial charge < -0.3 is 5.32 Å². The zero-order valence-corrected chi connectivity index (χ0v) is 20.6. The van der Waals surface area contributed by atoms with E-state index in [2.05, 4.69) is 20.8 Å². The number of halogens is 5. The molecule has 0 aliphatic carbocycles. The minimum atomic E-state index is -4.50. The fourth-order valence-corrected chi connectivity index (χ4v) is 4.81. The standard InChI is InChI=1S/C21H19Cl2F3N4OS2/c1-11(2)17(27-16-8-5-13(9-15(16)23)21(24,25)26)18(31)28-19-29-30-20(33-19)32-10-12-3-6-14(22)7-4-12/h3-9,11,17,27H,10H2,1-2H3,(H,28,29,31). The molecule has 0 fully saturated rings. The number of amides is 1. The molecule has 0 radical (unpaired) electrons. The first-order chi connectivity index (χ1) is 15.5. The van der Waals surface area contributed by atoms with E-state index in [-0.39, 0.29) is 16.6 Å². The van der Waals surface area contributed by atoms with Crippen molar-refractivity contribution in [2.45, 2.75) is 36.2 Å². The molecule has 12 heteroatoms. The summed E-state index contributed by atoms with van der Waals surface area (Å²) in [5, 5.41) is 14.6. The molecule has 1 heterocycles. The number of carbonyl (C=O) groups is 1. The summed E-state index contributed by atoms with van der Waals surface area (Å²) in [6.07, 6.45) is -4.50. The molecule has 0 saturated heterocycles. The lowest BCUT2D eigenvalue weighted by molar-refractivity contribution is -0.137. The highest BCUT2D eigenvalue weighted by Gasteiger charge is 2.31. The van der Waals surface area contributed by atoms with Gasteiger partial charge in [0.25, 0.3) is 0 Å². The molecule has 3 rings (SSSR count). The Morgan fingerprint density at radius 2 is 1.82 bits per heavy atom. The molecule has 0 saturated carbocycles. The number of benzene rings is 2. The number of nitrogens with one attached hydrogen (secondary N) is 2. The van der Waals surface area contributed by atoms with Gasteiger partial charge in [0.05, 0.1) is 16.3 Å². The third-order valence-electron chi connectivity index (χ3n) is 4.47. The molecule has 2 aromatic carbocycles. The summed E-state index contributed by atoms with van der Waals surface area (Å²) < 4.78 is 39.3. The maximum Gasteiger partial charge on any atom is 0.416 e. The van der Waals surface area contributed by atoms with Crippen molar-refractivity contribution < 1.29 is 18.0 Å². The van der Waals surface area contributed by atoms with E-state index in [1.807, 2.05) is 38.1 Å². The van der Waals surface area contributed by atoms with Gasteiger partial charge in [-0.25, -0.2) is 0 Å². The van der Waals surface area contributed by atoms with Crippen molar-refractivity contribution in [2.75, 3.05) is 10.6 Å². The molecule has 5 nitrogen and oxygen atoms in total. The van der Waals surface area contributed by atoms with E-state index in [1.54, 1.807) is 0 Å². The van der Waals surface area contributed by atoms with Gasteiger partial charge in [-0.2, -0.15) is 13.2 Å². The van der Waals surface area contributed by atoms with Crippen LogP contribution in [0.3, 0.4) is 0 Å². The van der Waals surface area contributed by atoms with E-state index in [4.69, 9.17) is 23.2 Å². The predicted molar refractivity (Wildman–Crippen MR) is 128 cm³/mol. The van der Waals surface area contributed by atoms with Crippen LogP contribution in [-0.4, -0.2) is 22.1 Å². The van der Waals surface area contributed by atoms with Gasteiger partial charge in [-0.1, -0.05) is 72.3 Å². The highest BCUT2D eigenvalue weighted by Crippen LogP contribution is 2.34. The van der Waals surface area contributed by atoms with Crippen molar-refractivity contribution in [1.82, 2.24) is 10.2 Å². The maximum atomic E-state index is 12.9. The summed E-state index contributed by atoms with van der Waals surface area (Å²) in [5.41, 5.74) is 0.443. The quantitative estimate of drug-likeness (QED) is 0.235. The van der Waals surface area contributed by atoms with Crippen LogP contribution in [0.2, 0.25) is 10.0 Å². The summed E-state index contributed by atoms with van der Waals surface area (Å²) in [4.78, 5) is 12.8. The highest BCUT2D eigenvalue weighted by molar-refractivity contribution is 8.00. The number of aromatic nitrogens is 2. The lowest BCUT2D eigenvalue weighted by atomic mass is 10.0. The average Bonchev–Trinajstić information content (AvgIpc) is 3.18. The molecule has 1 atom stereocenters. The minimum absolute atomic E-state index is 0.125. The summed E-state index contributed by atoms with van der Waals surface area (Å²) in [6, 6.07) is 9.66. The molecule has 1 amide bonds. The van der Waals surface area contributed by atoms with Crippen molar-refractivity contribution in [3.63, 3.8) is 0 Å². The van der Waals surface area contributed by atoms with Crippen LogP contribution in [0.5, 0.6) is 0 Å². The third-order valence-corrected chi connectivity index (χ3v) is 7.08. The second-order valence-corrected chi connectivity index (χ2v) is 10.4. The molecular formula is C21H19Cl2F3N4OS2. The van der Waals surface area contributed by atoms with Crippen LogP contribution in [0, 0.1) is 5.92 Å². The molecular weight excluding hydrogens is 516 g/mol. The lowest BCUT2D eigenvalue weighted by Crippen LogP contribution is -2.39. The molecule has 1 unspecified atom stereocenters. The molecule has 3 aromatic rings. The van der Waals surface area contributed by atoms with Crippen LogP contribution in [0.4, 0.5) is 24.0 Å². The zero-order valence-electron chi connectivity index (χ0n) is 17.4. The van der Waals surface area contributed by atoms with E-state index in [0.717, 1.165) is 17.7 Å². The number of anilines is 2. The molecule has 1 aromatic heterocycles. The number of hydrogen-bond acceptors (Lipinski definition) is 6. The van der Waals surface area contributed by atoms with Crippen LogP contribution >= 0.6 is 46.3 Å². The summed E-state index contributed by atoms with van der Waals surface area (Å²) in [6.45, 7) is 3.62. The van der Waals surface area contributed by atoms with Gasteiger partial charge in [0.1, 0.15) is 6.04 Å². The number of hydrogen-bond donors (Lipinski definition) is 2. The van der Waals surface area contributed by atoms with E-state index < -0.39 is 23.7 Å². The molecule has 0 bridgehead atoms. The maximum absolute atomic E-state index is 12.9. The van der Waals surface area contributed by atoms with E-state index >= 15 is 0 Å². The van der Waals surface area contributed by atoms with Gasteiger partial charge >= 0.3 is 6.18 Å². The molecule has 0 spiro atoms. The highest BCUT2D eigenvalue weighted by atomic mass is 35.5. The van der Waals surface area contributed by atoms with Gasteiger partial charge in [0, 0.05) is 10.8 Å². The van der Waals surface area contributed by atoms with Crippen molar-refractivity contribution in [1.29, 1.82) is 0 Å². The van der Waals surface area contributed by atoms with Gasteiger partial charge in [-0.15, -0.1) is 10.2 Å². The number of rotatable bonds is 8. The average molecular weight is 535 g/mol. The predicted octanol–water partition coefficient (Wildman–Crippen LogP) is 7.23. The summed E-state index contributed by atoms with van der Waals surface area (Å²) in [5.74, 6) is 0.0870. The number of carbonyl (C=O) groups excluding carboxylic acids is 1. The van der Waals surface area contributed by atoms with Crippen molar-refractivity contribution >= 4 is 63.0 Å². The zero-order chi connectivity index (χ0) is 24.2. The number of nitrogens with zero attached hydrogens (tertiary/aromatic N) is 2. The van der Waals surface area contributed by atoms with Crippen LogP contribution in [0.15, 0.2) is 46.8 Å². The lowest BCUT2D eigenvalue weighted by Gasteiger charge is -2.23.